The molecular weight excluding hydrogens is 325 g/mol. The predicted molar refractivity (Wildman–Crippen MR) is 87.2 cm³/mol. The molecule has 1 aliphatic rings. The van der Waals surface area contributed by atoms with Crippen LogP contribution in [0.25, 0.3) is 0 Å². The summed E-state index contributed by atoms with van der Waals surface area (Å²) in [6.07, 6.45) is 3.90. The molecule has 0 aromatic heterocycles. The SMILES string of the molecule is NCC1(NC(=O)CNC(=O)c2ccc(Cl)c(Cl)c2)CCCC1. The molecule has 1 aliphatic carbocycles. The Morgan fingerprint density at radius 3 is 2.45 bits per heavy atom. The summed E-state index contributed by atoms with van der Waals surface area (Å²) in [5, 5.41) is 6.19. The van der Waals surface area contributed by atoms with Gasteiger partial charge in [-0.15, -0.1) is 0 Å². The number of nitrogens with two attached hydrogens (primary N) is 1. The van der Waals surface area contributed by atoms with E-state index in [9.17, 15) is 9.59 Å². The van der Waals surface area contributed by atoms with Crippen molar-refractivity contribution < 1.29 is 9.59 Å². The van der Waals surface area contributed by atoms with Gasteiger partial charge in [0.25, 0.3) is 5.91 Å². The van der Waals surface area contributed by atoms with Crippen LogP contribution >= 0.6 is 23.2 Å². The zero-order valence-electron chi connectivity index (χ0n) is 12.1. The Hall–Kier alpha value is -1.30. The molecule has 7 heteroatoms. The number of carbonyl (C=O) groups is 2. The Morgan fingerprint density at radius 2 is 1.86 bits per heavy atom. The molecular formula is C15H19Cl2N3O2. The van der Waals surface area contributed by atoms with Gasteiger partial charge in [0.2, 0.25) is 5.91 Å². The molecule has 4 N–H and O–H groups in total. The third-order valence-corrected chi connectivity index (χ3v) is 4.69. The Balaban J connectivity index is 1.87. The van der Waals surface area contributed by atoms with Gasteiger partial charge in [-0.05, 0) is 31.0 Å². The summed E-state index contributed by atoms with van der Waals surface area (Å²) in [7, 11) is 0. The molecule has 0 bridgehead atoms. The summed E-state index contributed by atoms with van der Waals surface area (Å²) in [6.45, 7) is 0.320. The highest BCUT2D eigenvalue weighted by molar-refractivity contribution is 6.42. The van der Waals surface area contributed by atoms with E-state index >= 15 is 0 Å². The highest BCUT2D eigenvalue weighted by Gasteiger charge is 2.33. The van der Waals surface area contributed by atoms with Crippen LogP contribution in [0.5, 0.6) is 0 Å². The van der Waals surface area contributed by atoms with Gasteiger partial charge in [-0.25, -0.2) is 0 Å². The van der Waals surface area contributed by atoms with Crippen molar-refractivity contribution in [3.8, 4) is 0 Å². The van der Waals surface area contributed by atoms with Crippen molar-refractivity contribution in [2.45, 2.75) is 31.2 Å². The second-order valence-electron chi connectivity index (χ2n) is 5.55. The zero-order chi connectivity index (χ0) is 16.2. The summed E-state index contributed by atoms with van der Waals surface area (Å²) in [4.78, 5) is 24.0. The number of carbonyl (C=O) groups excluding carboxylic acids is 2. The van der Waals surface area contributed by atoms with Gasteiger partial charge in [0.1, 0.15) is 0 Å². The molecule has 0 heterocycles. The summed E-state index contributed by atoms with van der Waals surface area (Å²) in [6, 6.07) is 4.57. The number of halogens is 2. The molecule has 0 aliphatic heterocycles. The number of amides is 2. The summed E-state index contributed by atoms with van der Waals surface area (Å²) in [5.41, 5.74) is 5.81. The lowest BCUT2D eigenvalue weighted by Crippen LogP contribution is -2.54. The average Bonchev–Trinajstić information content (AvgIpc) is 2.96. The van der Waals surface area contributed by atoms with Crippen LogP contribution in [0.1, 0.15) is 36.0 Å². The van der Waals surface area contributed by atoms with Gasteiger partial charge in [0.05, 0.1) is 22.1 Å². The van der Waals surface area contributed by atoms with Gasteiger partial charge in [-0.3, -0.25) is 9.59 Å². The Morgan fingerprint density at radius 1 is 1.18 bits per heavy atom. The van der Waals surface area contributed by atoms with Crippen LogP contribution in [0, 0.1) is 0 Å². The number of rotatable bonds is 5. The summed E-state index contributed by atoms with van der Waals surface area (Å²) >= 11 is 11.7. The fourth-order valence-electron chi connectivity index (χ4n) is 2.67. The number of hydrogen-bond donors (Lipinski definition) is 3. The lowest BCUT2D eigenvalue weighted by molar-refractivity contribution is -0.121. The molecule has 120 valence electrons. The van der Waals surface area contributed by atoms with E-state index in [2.05, 4.69) is 10.6 Å². The largest absolute Gasteiger partial charge is 0.348 e. The first kappa shape index (κ1) is 17.1. The fraction of sp³-hybridized carbons (Fsp3) is 0.467. The molecule has 0 radical (unpaired) electrons. The quantitative estimate of drug-likeness (QED) is 0.765. The van der Waals surface area contributed by atoms with Gasteiger partial charge in [-0.2, -0.15) is 0 Å². The van der Waals surface area contributed by atoms with Crippen LogP contribution < -0.4 is 16.4 Å². The molecule has 0 saturated heterocycles. The van der Waals surface area contributed by atoms with Crippen LogP contribution in [0.2, 0.25) is 10.0 Å². The molecule has 0 atom stereocenters. The van der Waals surface area contributed by atoms with Gasteiger partial charge >= 0.3 is 0 Å². The second-order valence-corrected chi connectivity index (χ2v) is 6.37. The zero-order valence-corrected chi connectivity index (χ0v) is 13.6. The van der Waals surface area contributed by atoms with E-state index in [0.29, 0.717) is 22.2 Å². The molecule has 0 spiro atoms. The van der Waals surface area contributed by atoms with Crippen molar-refractivity contribution >= 4 is 35.0 Å². The maximum absolute atomic E-state index is 12.0. The first-order chi connectivity index (χ1) is 10.5. The van der Waals surface area contributed by atoms with Crippen LogP contribution in [0.15, 0.2) is 18.2 Å². The maximum atomic E-state index is 12.0. The van der Waals surface area contributed by atoms with Gasteiger partial charge < -0.3 is 16.4 Å². The van der Waals surface area contributed by atoms with Crippen molar-refractivity contribution in [2.75, 3.05) is 13.1 Å². The van der Waals surface area contributed by atoms with E-state index in [1.54, 1.807) is 12.1 Å². The molecule has 0 unspecified atom stereocenters. The van der Waals surface area contributed by atoms with Gasteiger partial charge in [0, 0.05) is 12.1 Å². The van der Waals surface area contributed by atoms with Crippen LogP contribution in [0.4, 0.5) is 0 Å². The van der Waals surface area contributed by atoms with E-state index in [1.807, 2.05) is 0 Å². The number of benzene rings is 1. The van der Waals surface area contributed by atoms with Gasteiger partial charge in [-0.1, -0.05) is 36.0 Å². The molecule has 1 aromatic carbocycles. The molecule has 2 amide bonds. The van der Waals surface area contributed by atoms with E-state index in [0.717, 1.165) is 25.7 Å². The van der Waals surface area contributed by atoms with E-state index < -0.39 is 0 Å². The van der Waals surface area contributed by atoms with Crippen LogP contribution in [-0.4, -0.2) is 30.4 Å². The van der Waals surface area contributed by atoms with Crippen molar-refractivity contribution in [3.05, 3.63) is 33.8 Å². The highest BCUT2D eigenvalue weighted by Crippen LogP contribution is 2.28. The molecule has 5 nitrogen and oxygen atoms in total. The second kappa shape index (κ2) is 7.31. The van der Waals surface area contributed by atoms with Crippen LogP contribution in [-0.2, 0) is 4.79 Å². The molecule has 1 fully saturated rings. The standard InChI is InChI=1S/C15H19Cl2N3O2/c16-11-4-3-10(7-12(11)17)14(22)19-8-13(21)20-15(9-18)5-1-2-6-15/h3-4,7H,1-2,5-6,8-9,18H2,(H,19,22)(H,20,21). The maximum Gasteiger partial charge on any atom is 0.251 e. The third-order valence-electron chi connectivity index (χ3n) is 3.95. The van der Waals surface area contributed by atoms with Crippen molar-refractivity contribution in [2.24, 2.45) is 5.73 Å². The smallest absolute Gasteiger partial charge is 0.251 e. The molecule has 1 aromatic rings. The van der Waals surface area contributed by atoms with Crippen molar-refractivity contribution in [3.63, 3.8) is 0 Å². The minimum absolute atomic E-state index is 0.0964. The molecule has 22 heavy (non-hydrogen) atoms. The summed E-state index contributed by atoms with van der Waals surface area (Å²) < 4.78 is 0. The highest BCUT2D eigenvalue weighted by atomic mass is 35.5. The average molecular weight is 344 g/mol. The fourth-order valence-corrected chi connectivity index (χ4v) is 2.97. The Bertz CT molecular complexity index is 572. The predicted octanol–water partition coefficient (Wildman–Crippen LogP) is 2.11. The van der Waals surface area contributed by atoms with E-state index in [1.165, 1.54) is 6.07 Å². The van der Waals surface area contributed by atoms with Crippen LogP contribution in [0.3, 0.4) is 0 Å². The van der Waals surface area contributed by atoms with E-state index in [4.69, 9.17) is 28.9 Å². The summed E-state index contributed by atoms with van der Waals surface area (Å²) in [5.74, 6) is -0.609. The molecule has 2 rings (SSSR count). The van der Waals surface area contributed by atoms with Crippen molar-refractivity contribution in [1.29, 1.82) is 0 Å². The first-order valence-corrected chi connectivity index (χ1v) is 7.96. The first-order valence-electron chi connectivity index (χ1n) is 7.20. The third kappa shape index (κ3) is 4.12. The minimum Gasteiger partial charge on any atom is -0.348 e. The Kier molecular flexibility index (Phi) is 5.67. The van der Waals surface area contributed by atoms with Gasteiger partial charge in [0.15, 0.2) is 0 Å². The lowest BCUT2D eigenvalue weighted by Gasteiger charge is -2.28. The Labute approximate surface area is 139 Å². The van der Waals surface area contributed by atoms with Crippen molar-refractivity contribution in [1.82, 2.24) is 10.6 Å². The normalized spacial score (nSPS) is 16.3. The molecule has 1 saturated carbocycles. The number of nitrogens with one attached hydrogen (secondary N) is 2. The minimum atomic E-state index is -0.373. The number of hydrogen-bond acceptors (Lipinski definition) is 3. The van der Waals surface area contributed by atoms with E-state index in [-0.39, 0.29) is 23.9 Å². The topological polar surface area (TPSA) is 84.2 Å². The monoisotopic (exact) mass is 343 g/mol. The lowest BCUT2D eigenvalue weighted by atomic mass is 9.98.